The van der Waals surface area contributed by atoms with E-state index in [2.05, 4.69) is 0 Å². The lowest BCUT2D eigenvalue weighted by Crippen LogP contribution is -2.20. The molecular weight excluding hydrogens is 158 g/mol. The number of nitrogens with two attached hydrogens (primary N) is 1. The Kier molecular flexibility index (Phi) is 5.08. The molecule has 3 N–H and O–H groups in total. The van der Waals surface area contributed by atoms with Crippen molar-refractivity contribution in [1.29, 1.82) is 0 Å². The summed E-state index contributed by atoms with van der Waals surface area (Å²) in [6.45, 7) is 1.75. The summed E-state index contributed by atoms with van der Waals surface area (Å²) in [5.41, 5.74) is 5.02. The van der Waals surface area contributed by atoms with Gasteiger partial charge in [0.2, 0.25) is 5.91 Å². The van der Waals surface area contributed by atoms with Crippen molar-refractivity contribution < 1.29 is 14.7 Å². The van der Waals surface area contributed by atoms with E-state index in [1.54, 1.807) is 6.92 Å². The van der Waals surface area contributed by atoms with Gasteiger partial charge in [0.1, 0.15) is 0 Å². The van der Waals surface area contributed by atoms with Crippen LogP contribution in [0.2, 0.25) is 0 Å². The van der Waals surface area contributed by atoms with Gasteiger partial charge in [0.25, 0.3) is 0 Å². The molecule has 0 heterocycles. The van der Waals surface area contributed by atoms with Crippen LogP contribution >= 0.6 is 0 Å². The van der Waals surface area contributed by atoms with Crippen LogP contribution in [0.5, 0.6) is 0 Å². The number of carbonyl (C=O) groups excluding carboxylic acids is 1. The number of hydrogen-bond acceptors (Lipinski definition) is 2. The number of carbonyl (C=O) groups is 2. The molecule has 0 fully saturated rings. The first-order chi connectivity index (χ1) is 5.54. The second-order valence-corrected chi connectivity index (χ2v) is 2.94. The maximum Gasteiger partial charge on any atom is 0.303 e. The van der Waals surface area contributed by atoms with E-state index in [1.165, 1.54) is 0 Å². The largest absolute Gasteiger partial charge is 0.481 e. The maximum absolute atomic E-state index is 10.5. The van der Waals surface area contributed by atoms with Crippen molar-refractivity contribution in [3.63, 3.8) is 0 Å². The van der Waals surface area contributed by atoms with E-state index in [-0.39, 0.29) is 18.2 Å². The summed E-state index contributed by atoms with van der Waals surface area (Å²) >= 11 is 0. The molecule has 0 rings (SSSR count). The third-order valence-electron chi connectivity index (χ3n) is 1.76. The van der Waals surface area contributed by atoms with Crippen LogP contribution in [0.15, 0.2) is 0 Å². The van der Waals surface area contributed by atoms with Crippen molar-refractivity contribution in [1.82, 2.24) is 0 Å². The molecule has 4 nitrogen and oxygen atoms in total. The van der Waals surface area contributed by atoms with Crippen LogP contribution in [0.3, 0.4) is 0 Å². The summed E-state index contributed by atoms with van der Waals surface area (Å²) in [7, 11) is 0. The summed E-state index contributed by atoms with van der Waals surface area (Å²) in [6.07, 6.45) is 2.22. The summed E-state index contributed by atoms with van der Waals surface area (Å²) in [4.78, 5) is 20.6. The van der Waals surface area contributed by atoms with E-state index < -0.39 is 5.97 Å². The number of carboxylic acid groups (broad SMARTS) is 1. The topological polar surface area (TPSA) is 80.4 Å². The summed E-state index contributed by atoms with van der Waals surface area (Å²) in [6, 6.07) is 0. The molecule has 0 spiro atoms. The van der Waals surface area contributed by atoms with E-state index in [0.29, 0.717) is 12.8 Å². The van der Waals surface area contributed by atoms with Crippen LogP contribution in [0.25, 0.3) is 0 Å². The summed E-state index contributed by atoms with van der Waals surface area (Å²) in [5.74, 6) is -1.24. The molecule has 0 aliphatic heterocycles. The number of carboxylic acids is 1. The lowest BCUT2D eigenvalue weighted by Gasteiger charge is -2.04. The number of amides is 1. The molecule has 0 aromatic carbocycles. The Morgan fingerprint density at radius 1 is 1.42 bits per heavy atom. The number of hydrogen-bond donors (Lipinski definition) is 2. The highest BCUT2D eigenvalue weighted by Gasteiger charge is 2.07. The predicted octanol–water partition coefficient (Wildman–Crippen LogP) is 0.753. The first-order valence-corrected chi connectivity index (χ1v) is 4.05. The van der Waals surface area contributed by atoms with Gasteiger partial charge in [-0.15, -0.1) is 0 Å². The van der Waals surface area contributed by atoms with E-state index in [9.17, 15) is 9.59 Å². The molecule has 1 atom stereocenters. The smallest absolute Gasteiger partial charge is 0.303 e. The molecule has 0 radical (unpaired) electrons. The van der Waals surface area contributed by atoms with Gasteiger partial charge in [0, 0.05) is 12.3 Å². The molecular formula is C8H15NO3. The van der Waals surface area contributed by atoms with Crippen molar-refractivity contribution in [2.24, 2.45) is 11.7 Å². The molecule has 0 aromatic rings. The van der Waals surface area contributed by atoms with Gasteiger partial charge in [-0.05, 0) is 12.8 Å². The second-order valence-electron chi connectivity index (χ2n) is 2.94. The van der Waals surface area contributed by atoms with Crippen LogP contribution in [-0.2, 0) is 9.59 Å². The molecule has 0 aromatic heterocycles. The Balaban J connectivity index is 3.31. The van der Waals surface area contributed by atoms with Crippen LogP contribution in [-0.4, -0.2) is 17.0 Å². The number of rotatable bonds is 6. The lowest BCUT2D eigenvalue weighted by molar-refractivity contribution is -0.137. The molecule has 1 unspecified atom stereocenters. The third kappa shape index (κ3) is 5.70. The highest BCUT2D eigenvalue weighted by atomic mass is 16.4. The van der Waals surface area contributed by atoms with Crippen LogP contribution in [0.1, 0.15) is 32.6 Å². The quantitative estimate of drug-likeness (QED) is 0.581. The van der Waals surface area contributed by atoms with Crippen LogP contribution in [0, 0.1) is 5.92 Å². The van der Waals surface area contributed by atoms with Crippen molar-refractivity contribution in [3.8, 4) is 0 Å². The maximum atomic E-state index is 10.5. The summed E-state index contributed by atoms with van der Waals surface area (Å²) < 4.78 is 0. The molecule has 4 heteroatoms. The molecule has 1 amide bonds. The molecule has 0 saturated heterocycles. The first kappa shape index (κ1) is 10.9. The molecule has 0 bridgehead atoms. The monoisotopic (exact) mass is 173 g/mol. The van der Waals surface area contributed by atoms with Gasteiger partial charge >= 0.3 is 5.97 Å². The average molecular weight is 173 g/mol. The first-order valence-electron chi connectivity index (χ1n) is 4.05. The Morgan fingerprint density at radius 3 is 2.42 bits per heavy atom. The van der Waals surface area contributed by atoms with Gasteiger partial charge in [-0.2, -0.15) is 0 Å². The fraction of sp³-hybridized carbons (Fsp3) is 0.750. The summed E-state index contributed by atoms with van der Waals surface area (Å²) in [5, 5.41) is 8.30. The molecule has 0 saturated carbocycles. The van der Waals surface area contributed by atoms with Gasteiger partial charge in [0.15, 0.2) is 0 Å². The standard InChI is InChI=1S/C8H15NO3/c1-6(8(9)12)4-2-3-5-7(10)11/h6H,2-5H2,1H3,(H2,9,12)(H,10,11). The highest BCUT2D eigenvalue weighted by molar-refractivity contribution is 5.76. The van der Waals surface area contributed by atoms with Crippen LogP contribution in [0.4, 0.5) is 0 Å². The van der Waals surface area contributed by atoms with E-state index in [4.69, 9.17) is 10.8 Å². The zero-order valence-corrected chi connectivity index (χ0v) is 7.25. The minimum absolute atomic E-state index is 0.140. The van der Waals surface area contributed by atoms with Crippen molar-refractivity contribution in [3.05, 3.63) is 0 Å². The Bertz CT molecular complexity index is 168. The number of aliphatic carboxylic acids is 1. The zero-order valence-electron chi connectivity index (χ0n) is 7.25. The SMILES string of the molecule is CC(CCCCC(=O)O)C(N)=O. The average Bonchev–Trinajstić information content (AvgIpc) is 1.97. The lowest BCUT2D eigenvalue weighted by atomic mass is 10.0. The van der Waals surface area contributed by atoms with Gasteiger partial charge in [-0.25, -0.2) is 0 Å². The van der Waals surface area contributed by atoms with E-state index >= 15 is 0 Å². The van der Waals surface area contributed by atoms with E-state index in [1.807, 2.05) is 0 Å². The highest BCUT2D eigenvalue weighted by Crippen LogP contribution is 2.08. The normalized spacial score (nSPS) is 12.4. The van der Waals surface area contributed by atoms with Crippen molar-refractivity contribution >= 4 is 11.9 Å². The molecule has 70 valence electrons. The number of unbranched alkanes of at least 4 members (excludes halogenated alkanes) is 1. The van der Waals surface area contributed by atoms with Crippen LogP contribution < -0.4 is 5.73 Å². The number of primary amides is 1. The molecule has 0 aliphatic rings. The van der Waals surface area contributed by atoms with Gasteiger partial charge in [0.05, 0.1) is 0 Å². The minimum atomic E-state index is -0.790. The Hall–Kier alpha value is -1.06. The zero-order chi connectivity index (χ0) is 9.56. The fourth-order valence-electron chi connectivity index (χ4n) is 0.869. The molecule has 0 aliphatic carbocycles. The predicted molar refractivity (Wildman–Crippen MR) is 44.5 cm³/mol. The minimum Gasteiger partial charge on any atom is -0.481 e. The third-order valence-corrected chi connectivity index (χ3v) is 1.76. The van der Waals surface area contributed by atoms with Crippen molar-refractivity contribution in [2.45, 2.75) is 32.6 Å². The fourth-order valence-corrected chi connectivity index (χ4v) is 0.869. The van der Waals surface area contributed by atoms with Crippen molar-refractivity contribution in [2.75, 3.05) is 0 Å². The Morgan fingerprint density at radius 2 is 2.00 bits per heavy atom. The Labute approximate surface area is 71.8 Å². The van der Waals surface area contributed by atoms with Gasteiger partial charge < -0.3 is 10.8 Å². The second kappa shape index (κ2) is 5.57. The van der Waals surface area contributed by atoms with Gasteiger partial charge in [-0.3, -0.25) is 9.59 Å². The van der Waals surface area contributed by atoms with Gasteiger partial charge in [-0.1, -0.05) is 13.3 Å². The van der Waals surface area contributed by atoms with E-state index in [0.717, 1.165) is 6.42 Å². The molecule has 12 heavy (non-hydrogen) atoms.